The highest BCUT2D eigenvalue weighted by atomic mass is 16.5. The summed E-state index contributed by atoms with van der Waals surface area (Å²) in [6, 6.07) is 6.98. The average molecular weight is 274 g/mol. The highest BCUT2D eigenvalue weighted by Crippen LogP contribution is 2.21. The fraction of sp³-hybridized carbons (Fsp3) is 0.286. The van der Waals surface area contributed by atoms with Crippen molar-refractivity contribution in [1.82, 2.24) is 10.5 Å². The van der Waals surface area contributed by atoms with Gasteiger partial charge >= 0.3 is 0 Å². The number of benzene rings is 1. The normalized spacial score (nSPS) is 10.3. The van der Waals surface area contributed by atoms with Gasteiger partial charge in [-0.2, -0.15) is 0 Å². The van der Waals surface area contributed by atoms with Gasteiger partial charge in [0.05, 0.1) is 17.9 Å². The van der Waals surface area contributed by atoms with Gasteiger partial charge in [-0.3, -0.25) is 4.79 Å². The molecule has 1 amide bonds. The predicted molar refractivity (Wildman–Crippen MR) is 77.4 cm³/mol. The Morgan fingerprint density at radius 3 is 2.85 bits per heavy atom. The Morgan fingerprint density at radius 1 is 1.40 bits per heavy atom. The van der Waals surface area contributed by atoms with Crippen molar-refractivity contribution in [1.29, 1.82) is 0 Å². The molecule has 106 valence electrons. The number of carbonyl (C=O) groups is 1. The summed E-state index contributed by atoms with van der Waals surface area (Å²) in [5.74, 6) is 0.638. The Hall–Kier alpha value is -2.50. The Kier molecular flexibility index (Phi) is 4.24. The summed E-state index contributed by atoms with van der Waals surface area (Å²) in [7, 11) is 0. The number of rotatable bonds is 5. The second kappa shape index (κ2) is 6.10. The molecule has 6 heteroatoms. The molecular formula is C14H18N4O2. The third kappa shape index (κ3) is 3.28. The molecule has 0 aliphatic heterocycles. The molecule has 1 aromatic heterocycles. The summed E-state index contributed by atoms with van der Waals surface area (Å²) in [5.41, 5.74) is 8.53. The molecule has 0 spiro atoms. The number of nitrogens with zero attached hydrogens (tertiary/aromatic N) is 1. The molecular weight excluding hydrogens is 256 g/mol. The van der Waals surface area contributed by atoms with Crippen LogP contribution in [0.3, 0.4) is 0 Å². The van der Waals surface area contributed by atoms with Crippen LogP contribution in [-0.2, 0) is 6.54 Å². The maximum absolute atomic E-state index is 11.8. The molecule has 0 saturated carbocycles. The van der Waals surface area contributed by atoms with E-state index in [-0.39, 0.29) is 5.91 Å². The number of hydrogen-bond donors (Lipinski definition) is 3. The Labute approximate surface area is 117 Å². The maximum atomic E-state index is 11.8. The van der Waals surface area contributed by atoms with Gasteiger partial charge in [0, 0.05) is 18.2 Å². The van der Waals surface area contributed by atoms with Crippen molar-refractivity contribution in [2.45, 2.75) is 20.4 Å². The van der Waals surface area contributed by atoms with E-state index in [1.165, 1.54) is 0 Å². The van der Waals surface area contributed by atoms with Crippen molar-refractivity contribution >= 4 is 17.3 Å². The number of nitrogen functional groups attached to an aromatic ring is 1. The van der Waals surface area contributed by atoms with Crippen molar-refractivity contribution in [2.75, 3.05) is 17.6 Å². The Bertz CT molecular complexity index is 607. The molecule has 0 aliphatic rings. The van der Waals surface area contributed by atoms with E-state index < -0.39 is 0 Å². The predicted octanol–water partition coefficient (Wildman–Crippen LogP) is 1.93. The van der Waals surface area contributed by atoms with Gasteiger partial charge in [-0.05, 0) is 32.0 Å². The first-order valence-electron chi connectivity index (χ1n) is 6.44. The molecule has 2 rings (SSSR count). The summed E-state index contributed by atoms with van der Waals surface area (Å²) in [6.45, 7) is 4.78. The fourth-order valence-electron chi connectivity index (χ4n) is 1.80. The molecule has 0 unspecified atom stereocenters. The van der Waals surface area contributed by atoms with Crippen LogP contribution >= 0.6 is 0 Å². The first-order valence-corrected chi connectivity index (χ1v) is 6.44. The van der Waals surface area contributed by atoms with Gasteiger partial charge in [0.2, 0.25) is 0 Å². The fourth-order valence-corrected chi connectivity index (χ4v) is 1.80. The van der Waals surface area contributed by atoms with Gasteiger partial charge in [-0.15, -0.1) is 0 Å². The first-order chi connectivity index (χ1) is 9.60. The second-order valence-electron chi connectivity index (χ2n) is 4.44. The molecule has 2 aromatic rings. The molecule has 6 nitrogen and oxygen atoms in total. The topological polar surface area (TPSA) is 93.2 Å². The van der Waals surface area contributed by atoms with Crippen LogP contribution in [0.4, 0.5) is 11.4 Å². The maximum Gasteiger partial charge on any atom is 0.251 e. The molecule has 1 heterocycles. The number of hydrogen-bond acceptors (Lipinski definition) is 5. The molecule has 1 aromatic carbocycles. The average Bonchev–Trinajstić information content (AvgIpc) is 2.84. The van der Waals surface area contributed by atoms with Gasteiger partial charge in [-0.25, -0.2) is 0 Å². The molecule has 0 radical (unpaired) electrons. The lowest BCUT2D eigenvalue weighted by Gasteiger charge is -2.10. The van der Waals surface area contributed by atoms with E-state index in [1.807, 2.05) is 19.9 Å². The van der Waals surface area contributed by atoms with Gasteiger partial charge in [0.15, 0.2) is 0 Å². The summed E-state index contributed by atoms with van der Waals surface area (Å²) in [5, 5.41) is 9.79. The smallest absolute Gasteiger partial charge is 0.251 e. The van der Waals surface area contributed by atoms with Crippen LogP contribution in [0.2, 0.25) is 0 Å². The van der Waals surface area contributed by atoms with Crippen LogP contribution in [0.5, 0.6) is 0 Å². The van der Waals surface area contributed by atoms with Gasteiger partial charge < -0.3 is 20.9 Å². The summed E-state index contributed by atoms with van der Waals surface area (Å²) >= 11 is 0. The van der Waals surface area contributed by atoms with E-state index in [0.29, 0.717) is 30.0 Å². The first kappa shape index (κ1) is 13.9. The minimum Gasteiger partial charge on any atom is -0.397 e. The third-order valence-corrected chi connectivity index (χ3v) is 2.79. The number of nitrogens with one attached hydrogen (secondary N) is 2. The van der Waals surface area contributed by atoms with Crippen molar-refractivity contribution in [3.63, 3.8) is 0 Å². The van der Waals surface area contributed by atoms with Crippen LogP contribution in [-0.4, -0.2) is 17.6 Å². The summed E-state index contributed by atoms with van der Waals surface area (Å²) in [6.07, 6.45) is 0. The third-order valence-electron chi connectivity index (χ3n) is 2.79. The monoisotopic (exact) mass is 274 g/mol. The molecule has 0 fully saturated rings. The second-order valence-corrected chi connectivity index (χ2v) is 4.44. The van der Waals surface area contributed by atoms with Crippen LogP contribution in [0.15, 0.2) is 28.8 Å². The minimum absolute atomic E-state index is 0.118. The zero-order valence-corrected chi connectivity index (χ0v) is 11.6. The largest absolute Gasteiger partial charge is 0.397 e. The zero-order valence-electron chi connectivity index (χ0n) is 11.6. The van der Waals surface area contributed by atoms with Crippen molar-refractivity contribution < 1.29 is 9.32 Å². The van der Waals surface area contributed by atoms with Crippen LogP contribution in [0, 0.1) is 6.92 Å². The molecule has 0 bridgehead atoms. The lowest BCUT2D eigenvalue weighted by atomic mass is 10.1. The number of aromatic nitrogens is 1. The Morgan fingerprint density at radius 2 is 2.20 bits per heavy atom. The lowest BCUT2D eigenvalue weighted by Crippen LogP contribution is -2.22. The van der Waals surface area contributed by atoms with Crippen molar-refractivity contribution in [2.24, 2.45) is 0 Å². The standard InChI is InChI=1S/C14H18N4O2/c1-3-16-14(19)10-4-5-12(15)13(7-10)17-8-11-6-9(2)20-18-11/h4-7,17H,3,8,15H2,1-2H3,(H,16,19). The zero-order chi connectivity index (χ0) is 14.5. The number of amides is 1. The number of carbonyl (C=O) groups excluding carboxylic acids is 1. The van der Waals surface area contributed by atoms with Gasteiger partial charge in [-0.1, -0.05) is 5.16 Å². The van der Waals surface area contributed by atoms with Crippen molar-refractivity contribution in [3.05, 3.63) is 41.3 Å². The van der Waals surface area contributed by atoms with E-state index in [1.54, 1.807) is 18.2 Å². The molecule has 0 saturated heterocycles. The van der Waals surface area contributed by atoms with E-state index in [4.69, 9.17) is 10.3 Å². The number of nitrogens with two attached hydrogens (primary N) is 1. The molecule has 0 aliphatic carbocycles. The Balaban J connectivity index is 2.10. The van der Waals surface area contributed by atoms with Gasteiger partial charge in [0.25, 0.3) is 5.91 Å². The molecule has 20 heavy (non-hydrogen) atoms. The van der Waals surface area contributed by atoms with E-state index in [9.17, 15) is 4.79 Å². The minimum atomic E-state index is -0.118. The summed E-state index contributed by atoms with van der Waals surface area (Å²) < 4.78 is 4.99. The number of anilines is 2. The quantitative estimate of drug-likeness (QED) is 0.724. The summed E-state index contributed by atoms with van der Waals surface area (Å²) in [4.78, 5) is 11.8. The van der Waals surface area contributed by atoms with Crippen LogP contribution < -0.4 is 16.4 Å². The van der Waals surface area contributed by atoms with E-state index >= 15 is 0 Å². The highest BCUT2D eigenvalue weighted by Gasteiger charge is 2.08. The number of aryl methyl sites for hydroxylation is 1. The molecule has 4 N–H and O–H groups in total. The SMILES string of the molecule is CCNC(=O)c1ccc(N)c(NCc2cc(C)on2)c1. The van der Waals surface area contributed by atoms with E-state index in [2.05, 4.69) is 15.8 Å². The van der Waals surface area contributed by atoms with Crippen LogP contribution in [0.25, 0.3) is 0 Å². The van der Waals surface area contributed by atoms with Crippen LogP contribution in [0.1, 0.15) is 28.7 Å². The highest BCUT2D eigenvalue weighted by molar-refractivity contribution is 5.96. The van der Waals surface area contributed by atoms with Crippen molar-refractivity contribution in [3.8, 4) is 0 Å². The van der Waals surface area contributed by atoms with E-state index in [0.717, 1.165) is 11.5 Å². The molecule has 0 atom stereocenters. The van der Waals surface area contributed by atoms with Gasteiger partial charge in [0.1, 0.15) is 11.5 Å². The lowest BCUT2D eigenvalue weighted by molar-refractivity contribution is 0.0956.